The Kier molecular flexibility index (Phi) is 6.03. The van der Waals surface area contributed by atoms with E-state index in [1.165, 1.54) is 11.8 Å². The number of H-pyrrole nitrogens is 1. The zero-order valence-corrected chi connectivity index (χ0v) is 18.2. The Morgan fingerprint density at radius 3 is 2.58 bits per heavy atom. The maximum atomic E-state index is 12.5. The van der Waals surface area contributed by atoms with Crippen molar-refractivity contribution in [1.29, 1.82) is 0 Å². The van der Waals surface area contributed by atoms with Gasteiger partial charge in [0, 0.05) is 11.6 Å². The van der Waals surface area contributed by atoms with Crippen LogP contribution in [-0.4, -0.2) is 43.7 Å². The van der Waals surface area contributed by atoms with Crippen LogP contribution in [0.15, 0.2) is 59.8 Å². The highest BCUT2D eigenvalue weighted by molar-refractivity contribution is 7.99. The van der Waals surface area contributed by atoms with Crippen LogP contribution in [0, 0.1) is 13.8 Å². The average Bonchev–Trinajstić information content (AvgIpc) is 3.39. The molecule has 4 rings (SSSR count). The van der Waals surface area contributed by atoms with E-state index in [9.17, 15) is 4.79 Å². The van der Waals surface area contributed by atoms with Crippen molar-refractivity contribution in [2.45, 2.75) is 19.0 Å². The number of aryl methyl sites for hydroxylation is 2. The van der Waals surface area contributed by atoms with Crippen molar-refractivity contribution in [3.8, 4) is 22.8 Å². The topological polar surface area (TPSA) is 97.7 Å². The molecule has 0 saturated carbocycles. The van der Waals surface area contributed by atoms with Gasteiger partial charge < -0.3 is 10.1 Å². The molecule has 0 atom stereocenters. The highest BCUT2D eigenvalue weighted by Gasteiger charge is 2.13. The van der Waals surface area contributed by atoms with Crippen molar-refractivity contribution in [1.82, 2.24) is 25.0 Å². The standard InChI is InChI=1S/C22H22N6O2S/c1-14-4-8-17(9-5-14)28-19(12-15(2)27-28)23-20(29)13-31-22-24-21(25-26-22)16-6-10-18(30-3)11-7-16/h4-12H,13H2,1-3H3,(H,23,29)(H,24,25,26). The van der Waals surface area contributed by atoms with E-state index in [0.29, 0.717) is 16.8 Å². The Morgan fingerprint density at radius 2 is 1.87 bits per heavy atom. The van der Waals surface area contributed by atoms with Crippen molar-refractivity contribution in [2.24, 2.45) is 0 Å². The van der Waals surface area contributed by atoms with E-state index >= 15 is 0 Å². The lowest BCUT2D eigenvalue weighted by Crippen LogP contribution is -2.17. The molecule has 0 fully saturated rings. The number of amides is 1. The van der Waals surface area contributed by atoms with E-state index in [0.717, 1.165) is 28.3 Å². The normalized spacial score (nSPS) is 10.8. The second kappa shape index (κ2) is 9.05. The van der Waals surface area contributed by atoms with Crippen LogP contribution >= 0.6 is 11.8 Å². The Balaban J connectivity index is 1.39. The van der Waals surface area contributed by atoms with Gasteiger partial charge in [-0.3, -0.25) is 9.89 Å². The van der Waals surface area contributed by atoms with Crippen LogP contribution in [0.2, 0.25) is 0 Å². The van der Waals surface area contributed by atoms with Crippen molar-refractivity contribution >= 4 is 23.5 Å². The zero-order chi connectivity index (χ0) is 21.8. The van der Waals surface area contributed by atoms with Gasteiger partial charge in [0.05, 0.1) is 24.2 Å². The van der Waals surface area contributed by atoms with Crippen molar-refractivity contribution < 1.29 is 9.53 Å². The van der Waals surface area contributed by atoms with E-state index in [-0.39, 0.29) is 11.7 Å². The number of hydrogen-bond donors (Lipinski definition) is 2. The number of aromatic nitrogens is 5. The summed E-state index contributed by atoms with van der Waals surface area (Å²) < 4.78 is 6.89. The fourth-order valence-corrected chi connectivity index (χ4v) is 3.57. The first-order chi connectivity index (χ1) is 15.0. The third kappa shape index (κ3) is 4.95. The van der Waals surface area contributed by atoms with Gasteiger partial charge in [0.25, 0.3) is 0 Å². The molecule has 2 aromatic carbocycles. The third-order valence-electron chi connectivity index (χ3n) is 4.54. The minimum absolute atomic E-state index is 0.158. The second-order valence-corrected chi connectivity index (χ2v) is 7.89. The number of anilines is 1. The molecule has 2 heterocycles. The van der Waals surface area contributed by atoms with Crippen molar-refractivity contribution in [3.05, 3.63) is 65.9 Å². The molecule has 0 saturated heterocycles. The highest BCUT2D eigenvalue weighted by atomic mass is 32.2. The number of carbonyl (C=O) groups is 1. The third-order valence-corrected chi connectivity index (χ3v) is 5.39. The number of nitrogens with zero attached hydrogens (tertiary/aromatic N) is 4. The van der Waals surface area contributed by atoms with E-state index in [1.54, 1.807) is 11.8 Å². The smallest absolute Gasteiger partial charge is 0.236 e. The summed E-state index contributed by atoms with van der Waals surface area (Å²) in [5, 5.41) is 15.0. The fraction of sp³-hybridized carbons (Fsp3) is 0.182. The number of nitrogens with one attached hydrogen (secondary N) is 2. The molecule has 0 aliphatic rings. The Morgan fingerprint density at radius 1 is 1.13 bits per heavy atom. The summed E-state index contributed by atoms with van der Waals surface area (Å²) in [4.78, 5) is 17.0. The first kappa shape index (κ1) is 20.7. The summed E-state index contributed by atoms with van der Waals surface area (Å²) in [5.74, 6) is 2.06. The molecule has 0 spiro atoms. The maximum Gasteiger partial charge on any atom is 0.236 e. The van der Waals surface area contributed by atoms with Crippen LogP contribution in [-0.2, 0) is 4.79 Å². The van der Waals surface area contributed by atoms with Crippen LogP contribution in [0.3, 0.4) is 0 Å². The predicted molar refractivity (Wildman–Crippen MR) is 121 cm³/mol. The predicted octanol–water partition coefficient (Wildman–Crippen LogP) is 4.01. The van der Waals surface area contributed by atoms with E-state index < -0.39 is 0 Å². The van der Waals surface area contributed by atoms with Gasteiger partial charge in [0.2, 0.25) is 11.1 Å². The SMILES string of the molecule is COc1ccc(-c2nc(SCC(=O)Nc3cc(C)nn3-c3ccc(C)cc3)n[nH]2)cc1. The highest BCUT2D eigenvalue weighted by Crippen LogP contribution is 2.22. The van der Waals surface area contributed by atoms with Gasteiger partial charge in [-0.25, -0.2) is 9.67 Å². The molecule has 1 amide bonds. The molecule has 0 aliphatic heterocycles. The van der Waals surface area contributed by atoms with E-state index in [4.69, 9.17) is 4.74 Å². The molecule has 2 aromatic heterocycles. The number of rotatable bonds is 7. The summed E-state index contributed by atoms with van der Waals surface area (Å²) >= 11 is 1.26. The molecule has 2 N–H and O–H groups in total. The Hall–Kier alpha value is -3.59. The minimum atomic E-state index is -0.158. The van der Waals surface area contributed by atoms with Crippen LogP contribution in [0.25, 0.3) is 17.1 Å². The lowest BCUT2D eigenvalue weighted by molar-refractivity contribution is -0.113. The number of thioether (sulfide) groups is 1. The molecule has 0 aliphatic carbocycles. The number of methoxy groups -OCH3 is 1. The summed E-state index contributed by atoms with van der Waals surface area (Å²) in [5.41, 5.74) is 3.76. The quantitative estimate of drug-likeness (QED) is 0.427. The van der Waals surface area contributed by atoms with Crippen molar-refractivity contribution in [3.63, 3.8) is 0 Å². The largest absolute Gasteiger partial charge is 0.497 e. The summed E-state index contributed by atoms with van der Waals surface area (Å²) in [6.45, 7) is 3.92. The van der Waals surface area contributed by atoms with E-state index in [2.05, 4.69) is 25.6 Å². The van der Waals surface area contributed by atoms with Gasteiger partial charge in [-0.05, 0) is 50.2 Å². The van der Waals surface area contributed by atoms with Crippen LogP contribution < -0.4 is 10.1 Å². The van der Waals surface area contributed by atoms with Gasteiger partial charge in [-0.1, -0.05) is 29.5 Å². The molecule has 9 heteroatoms. The van der Waals surface area contributed by atoms with Crippen LogP contribution in [0.1, 0.15) is 11.3 Å². The molecule has 158 valence electrons. The molecular formula is C22H22N6O2S. The number of ether oxygens (including phenoxy) is 1. The lowest BCUT2D eigenvalue weighted by Gasteiger charge is -2.08. The summed E-state index contributed by atoms with van der Waals surface area (Å²) in [7, 11) is 1.62. The number of aromatic amines is 1. The van der Waals surface area contributed by atoms with Gasteiger partial charge in [-0.15, -0.1) is 5.10 Å². The fourth-order valence-electron chi connectivity index (χ4n) is 2.97. The van der Waals surface area contributed by atoms with E-state index in [1.807, 2.05) is 68.4 Å². The van der Waals surface area contributed by atoms with Gasteiger partial charge in [0.15, 0.2) is 5.82 Å². The molecule has 31 heavy (non-hydrogen) atoms. The van der Waals surface area contributed by atoms with Crippen LogP contribution in [0.5, 0.6) is 5.75 Å². The van der Waals surface area contributed by atoms with Gasteiger partial charge >= 0.3 is 0 Å². The average molecular weight is 435 g/mol. The molecule has 8 nitrogen and oxygen atoms in total. The summed E-state index contributed by atoms with van der Waals surface area (Å²) in [6, 6.07) is 17.3. The zero-order valence-electron chi connectivity index (χ0n) is 17.4. The Bertz CT molecular complexity index is 1180. The molecule has 0 bridgehead atoms. The molecule has 4 aromatic rings. The number of carbonyl (C=O) groups excluding carboxylic acids is 1. The maximum absolute atomic E-state index is 12.5. The number of benzene rings is 2. The first-order valence-corrected chi connectivity index (χ1v) is 10.6. The monoisotopic (exact) mass is 434 g/mol. The lowest BCUT2D eigenvalue weighted by atomic mass is 10.2. The van der Waals surface area contributed by atoms with Gasteiger partial charge in [-0.2, -0.15) is 5.10 Å². The molecular weight excluding hydrogens is 412 g/mol. The Labute approximate surface area is 184 Å². The molecule has 0 radical (unpaired) electrons. The van der Waals surface area contributed by atoms with Crippen LogP contribution in [0.4, 0.5) is 5.82 Å². The van der Waals surface area contributed by atoms with Gasteiger partial charge in [0.1, 0.15) is 11.6 Å². The molecule has 0 unspecified atom stereocenters. The summed E-state index contributed by atoms with van der Waals surface area (Å²) in [6.07, 6.45) is 0. The first-order valence-electron chi connectivity index (χ1n) is 9.65. The second-order valence-electron chi connectivity index (χ2n) is 6.95. The minimum Gasteiger partial charge on any atom is -0.497 e. The van der Waals surface area contributed by atoms with Crippen molar-refractivity contribution in [2.75, 3.05) is 18.2 Å². The number of hydrogen-bond acceptors (Lipinski definition) is 6.